The van der Waals surface area contributed by atoms with Crippen molar-refractivity contribution in [3.05, 3.63) is 35.4 Å². The van der Waals surface area contributed by atoms with Crippen LogP contribution in [-0.2, 0) is 6.42 Å². The van der Waals surface area contributed by atoms with Crippen LogP contribution in [0.4, 0.5) is 0 Å². The lowest BCUT2D eigenvalue weighted by molar-refractivity contribution is 0.362. The highest BCUT2D eigenvalue weighted by Gasteiger charge is 2.22. The van der Waals surface area contributed by atoms with Gasteiger partial charge in [0.2, 0.25) is 0 Å². The zero-order valence-corrected chi connectivity index (χ0v) is 12.8. The van der Waals surface area contributed by atoms with E-state index in [9.17, 15) is 0 Å². The van der Waals surface area contributed by atoms with Gasteiger partial charge in [0.15, 0.2) is 0 Å². The molecule has 2 rings (SSSR count). The van der Waals surface area contributed by atoms with Crippen molar-refractivity contribution in [2.75, 3.05) is 6.54 Å². The summed E-state index contributed by atoms with van der Waals surface area (Å²) in [6.07, 6.45) is 6.66. The SMILES string of the molecule is CCC(C)CC(CNC1CC1)Cc1ccc(C)cc1. The van der Waals surface area contributed by atoms with E-state index in [1.807, 2.05) is 0 Å². The molecule has 1 fully saturated rings. The summed E-state index contributed by atoms with van der Waals surface area (Å²) in [6.45, 7) is 8.05. The van der Waals surface area contributed by atoms with E-state index in [1.54, 1.807) is 0 Å². The maximum Gasteiger partial charge on any atom is 0.00683 e. The molecule has 1 aromatic carbocycles. The highest BCUT2D eigenvalue weighted by molar-refractivity contribution is 5.21. The highest BCUT2D eigenvalue weighted by atomic mass is 14.9. The summed E-state index contributed by atoms with van der Waals surface area (Å²) >= 11 is 0. The second-order valence-corrected chi connectivity index (χ2v) is 6.49. The summed E-state index contributed by atoms with van der Waals surface area (Å²) in [5, 5.41) is 3.72. The fraction of sp³-hybridized carbons (Fsp3) is 0.667. The molecule has 106 valence electrons. The van der Waals surface area contributed by atoms with E-state index in [2.05, 4.69) is 50.4 Å². The molecule has 0 spiro atoms. The number of hydrogen-bond donors (Lipinski definition) is 1. The molecule has 0 amide bonds. The van der Waals surface area contributed by atoms with Gasteiger partial charge in [-0.05, 0) is 56.6 Å². The van der Waals surface area contributed by atoms with Gasteiger partial charge in [0.25, 0.3) is 0 Å². The Morgan fingerprint density at radius 2 is 1.89 bits per heavy atom. The summed E-state index contributed by atoms with van der Waals surface area (Å²) in [4.78, 5) is 0. The zero-order chi connectivity index (χ0) is 13.7. The monoisotopic (exact) mass is 259 g/mol. The first-order valence-electron chi connectivity index (χ1n) is 7.96. The Morgan fingerprint density at radius 1 is 1.21 bits per heavy atom. The van der Waals surface area contributed by atoms with Gasteiger partial charge in [-0.25, -0.2) is 0 Å². The molecular weight excluding hydrogens is 230 g/mol. The normalized spacial score (nSPS) is 18.3. The summed E-state index contributed by atoms with van der Waals surface area (Å²) in [7, 11) is 0. The standard InChI is InChI=1S/C18H29N/c1-4-14(2)11-17(13-19-18-9-10-18)12-16-7-5-15(3)6-8-16/h5-8,14,17-19H,4,9-13H2,1-3H3. The predicted octanol–water partition coefficient (Wildman–Crippen LogP) is 4.34. The maximum absolute atomic E-state index is 3.72. The van der Waals surface area contributed by atoms with Gasteiger partial charge in [-0.2, -0.15) is 0 Å². The molecule has 0 saturated heterocycles. The van der Waals surface area contributed by atoms with Gasteiger partial charge in [0.1, 0.15) is 0 Å². The molecule has 1 aromatic rings. The lowest BCUT2D eigenvalue weighted by Gasteiger charge is -2.21. The third-order valence-electron chi connectivity index (χ3n) is 4.35. The number of benzene rings is 1. The number of nitrogens with one attached hydrogen (secondary N) is 1. The molecule has 1 aliphatic rings. The third-order valence-corrected chi connectivity index (χ3v) is 4.35. The van der Waals surface area contributed by atoms with Crippen LogP contribution in [-0.4, -0.2) is 12.6 Å². The van der Waals surface area contributed by atoms with Crippen molar-refractivity contribution in [1.29, 1.82) is 0 Å². The molecule has 1 aliphatic carbocycles. The Labute approximate surface area is 118 Å². The van der Waals surface area contributed by atoms with E-state index in [4.69, 9.17) is 0 Å². The molecule has 1 N–H and O–H groups in total. The Hall–Kier alpha value is -0.820. The predicted molar refractivity (Wildman–Crippen MR) is 83.5 cm³/mol. The molecule has 0 aliphatic heterocycles. The smallest absolute Gasteiger partial charge is 0.00683 e. The van der Waals surface area contributed by atoms with Gasteiger partial charge >= 0.3 is 0 Å². The molecule has 2 unspecified atom stereocenters. The summed E-state index contributed by atoms with van der Waals surface area (Å²) in [5.41, 5.74) is 2.86. The van der Waals surface area contributed by atoms with Crippen molar-refractivity contribution >= 4 is 0 Å². The molecule has 2 atom stereocenters. The zero-order valence-electron chi connectivity index (χ0n) is 12.8. The van der Waals surface area contributed by atoms with E-state index in [0.29, 0.717) is 0 Å². The van der Waals surface area contributed by atoms with Crippen LogP contribution in [0.3, 0.4) is 0 Å². The third kappa shape index (κ3) is 5.36. The first kappa shape index (κ1) is 14.6. The van der Waals surface area contributed by atoms with E-state index >= 15 is 0 Å². The van der Waals surface area contributed by atoms with E-state index in [-0.39, 0.29) is 0 Å². The minimum absolute atomic E-state index is 0.790. The number of hydrogen-bond acceptors (Lipinski definition) is 1. The van der Waals surface area contributed by atoms with Gasteiger partial charge < -0.3 is 5.32 Å². The van der Waals surface area contributed by atoms with Crippen LogP contribution in [0.25, 0.3) is 0 Å². The van der Waals surface area contributed by atoms with Gasteiger partial charge in [-0.15, -0.1) is 0 Å². The van der Waals surface area contributed by atoms with Crippen LogP contribution in [0.15, 0.2) is 24.3 Å². The Balaban J connectivity index is 1.88. The highest BCUT2D eigenvalue weighted by Crippen LogP contribution is 2.23. The fourth-order valence-corrected chi connectivity index (χ4v) is 2.65. The van der Waals surface area contributed by atoms with Crippen molar-refractivity contribution in [1.82, 2.24) is 5.32 Å². The molecule has 1 nitrogen and oxygen atoms in total. The first-order chi connectivity index (χ1) is 9.17. The summed E-state index contributed by atoms with van der Waals surface area (Å²) < 4.78 is 0. The molecule has 0 radical (unpaired) electrons. The van der Waals surface area contributed by atoms with Gasteiger partial charge in [-0.3, -0.25) is 0 Å². The quantitative estimate of drug-likeness (QED) is 0.732. The minimum atomic E-state index is 0.790. The van der Waals surface area contributed by atoms with Crippen molar-refractivity contribution < 1.29 is 0 Å². The van der Waals surface area contributed by atoms with E-state index in [0.717, 1.165) is 17.9 Å². The van der Waals surface area contributed by atoms with Crippen LogP contribution in [0, 0.1) is 18.8 Å². The topological polar surface area (TPSA) is 12.0 Å². The molecule has 1 saturated carbocycles. The second kappa shape index (κ2) is 7.09. The average Bonchev–Trinajstić information content (AvgIpc) is 3.22. The average molecular weight is 259 g/mol. The summed E-state index contributed by atoms with van der Waals surface area (Å²) in [5.74, 6) is 1.63. The van der Waals surface area contributed by atoms with Crippen LogP contribution in [0.1, 0.15) is 50.7 Å². The maximum atomic E-state index is 3.72. The van der Waals surface area contributed by atoms with Gasteiger partial charge in [-0.1, -0.05) is 50.1 Å². The first-order valence-corrected chi connectivity index (χ1v) is 7.96. The van der Waals surface area contributed by atoms with Crippen LogP contribution < -0.4 is 5.32 Å². The molecule has 19 heavy (non-hydrogen) atoms. The van der Waals surface area contributed by atoms with Crippen LogP contribution >= 0.6 is 0 Å². The molecular formula is C18H29N. The Morgan fingerprint density at radius 3 is 2.47 bits per heavy atom. The van der Waals surface area contributed by atoms with Crippen molar-refractivity contribution in [2.45, 2.75) is 58.9 Å². The van der Waals surface area contributed by atoms with Crippen molar-refractivity contribution in [2.24, 2.45) is 11.8 Å². The van der Waals surface area contributed by atoms with Gasteiger partial charge in [0.05, 0.1) is 0 Å². The fourth-order valence-electron chi connectivity index (χ4n) is 2.65. The van der Waals surface area contributed by atoms with Crippen LogP contribution in [0.5, 0.6) is 0 Å². The molecule has 0 aromatic heterocycles. The second-order valence-electron chi connectivity index (χ2n) is 6.49. The lowest BCUT2D eigenvalue weighted by atomic mass is 9.88. The molecule has 0 bridgehead atoms. The van der Waals surface area contributed by atoms with Crippen LogP contribution in [0.2, 0.25) is 0 Å². The Kier molecular flexibility index (Phi) is 5.45. The Bertz CT molecular complexity index is 364. The van der Waals surface area contributed by atoms with Gasteiger partial charge in [0, 0.05) is 6.04 Å². The van der Waals surface area contributed by atoms with E-state index in [1.165, 1.54) is 49.8 Å². The van der Waals surface area contributed by atoms with Crippen molar-refractivity contribution in [3.63, 3.8) is 0 Å². The largest absolute Gasteiger partial charge is 0.314 e. The lowest BCUT2D eigenvalue weighted by Crippen LogP contribution is -2.27. The number of aryl methyl sites for hydroxylation is 1. The number of rotatable bonds is 8. The van der Waals surface area contributed by atoms with Crippen molar-refractivity contribution in [3.8, 4) is 0 Å². The summed E-state index contributed by atoms with van der Waals surface area (Å²) in [6, 6.07) is 9.91. The molecule has 0 heterocycles. The minimum Gasteiger partial charge on any atom is -0.314 e. The van der Waals surface area contributed by atoms with E-state index < -0.39 is 0 Å². The molecule has 1 heteroatoms.